The summed E-state index contributed by atoms with van der Waals surface area (Å²) in [5.74, 6) is -1.41. The molecule has 3 aromatic carbocycles. The Morgan fingerprint density at radius 1 is 0.938 bits per heavy atom. The van der Waals surface area contributed by atoms with Gasteiger partial charge in [-0.2, -0.15) is 0 Å². The van der Waals surface area contributed by atoms with Crippen LogP contribution in [0.25, 0.3) is 10.8 Å². The number of nitrogen functional groups attached to an aromatic ring is 1. The maximum absolute atomic E-state index is 12.7. The van der Waals surface area contributed by atoms with Crippen molar-refractivity contribution in [3.8, 4) is 5.75 Å². The fourth-order valence-corrected chi connectivity index (χ4v) is 4.02. The number of benzene rings is 3. The summed E-state index contributed by atoms with van der Waals surface area (Å²) < 4.78 is 68.4. The van der Waals surface area contributed by atoms with E-state index in [-0.39, 0.29) is 81.1 Å². The third kappa shape index (κ3) is 6.23. The molecular weight excluding hydrogens is 482 g/mol. The first-order chi connectivity index (χ1) is 13.8. The molecule has 0 unspecified atom stereocenters. The number of carbonyl (C=O) groups is 1. The molecule has 10 nitrogen and oxygen atoms in total. The SMILES string of the molecule is Cc1cc(N)ccc1C(=O)Nc1cc(S(=O)(=O)[O-])cc2cc(S(=O)(=O)[O-])cc(O)c12.[Na+].[Na+]. The van der Waals surface area contributed by atoms with Crippen LogP contribution in [0.4, 0.5) is 11.4 Å². The Morgan fingerprint density at radius 2 is 1.47 bits per heavy atom. The van der Waals surface area contributed by atoms with E-state index in [4.69, 9.17) is 5.73 Å². The molecule has 0 aliphatic heterocycles. The van der Waals surface area contributed by atoms with Crippen molar-refractivity contribution in [3.05, 3.63) is 53.6 Å². The third-order valence-corrected chi connectivity index (χ3v) is 5.92. The van der Waals surface area contributed by atoms with Gasteiger partial charge in [0.1, 0.15) is 26.0 Å². The molecule has 3 aromatic rings. The topological polar surface area (TPSA) is 190 Å². The summed E-state index contributed by atoms with van der Waals surface area (Å²) >= 11 is 0. The fraction of sp³-hybridized carbons (Fsp3) is 0.0556. The van der Waals surface area contributed by atoms with Gasteiger partial charge in [-0.1, -0.05) is 0 Å². The van der Waals surface area contributed by atoms with Crippen molar-refractivity contribution in [1.29, 1.82) is 0 Å². The number of hydrogen-bond donors (Lipinski definition) is 3. The summed E-state index contributed by atoms with van der Waals surface area (Å²) in [7, 11) is -10.0. The molecular formula is C18H14N2Na2O8S2. The predicted octanol–water partition coefficient (Wildman–Crippen LogP) is -4.50. The third-order valence-electron chi connectivity index (χ3n) is 4.30. The molecule has 0 saturated carbocycles. The standard InChI is InChI=1S/C18H16N2O8S2.2Na/c1-9-4-11(19)2-3-14(9)18(22)20-15-7-12(29(23,24)25)5-10-6-13(30(26,27)28)8-16(21)17(10)15;;/h2-8,21H,19H2,1H3,(H,20,22)(H,23,24,25)(H,26,27,28);;/q;2*+1/p-2. The Kier molecular flexibility index (Phi) is 9.36. The number of fused-ring (bicyclic) bond motifs is 1. The Morgan fingerprint density at radius 3 is 1.97 bits per heavy atom. The van der Waals surface area contributed by atoms with E-state index in [1.165, 1.54) is 18.2 Å². The second-order valence-electron chi connectivity index (χ2n) is 6.45. The largest absolute Gasteiger partial charge is 1.00 e. The molecule has 32 heavy (non-hydrogen) atoms. The number of anilines is 2. The molecule has 0 heterocycles. The van der Waals surface area contributed by atoms with E-state index in [9.17, 15) is 35.8 Å². The molecule has 0 aromatic heterocycles. The minimum Gasteiger partial charge on any atom is -0.744 e. The van der Waals surface area contributed by atoms with Crippen LogP contribution >= 0.6 is 0 Å². The van der Waals surface area contributed by atoms with Gasteiger partial charge in [0.2, 0.25) is 0 Å². The van der Waals surface area contributed by atoms with Crippen LogP contribution in [0.15, 0.2) is 52.3 Å². The van der Waals surface area contributed by atoms with Gasteiger partial charge in [0.25, 0.3) is 5.91 Å². The maximum Gasteiger partial charge on any atom is 1.00 e. The van der Waals surface area contributed by atoms with Crippen LogP contribution in [-0.4, -0.2) is 37.0 Å². The summed E-state index contributed by atoms with van der Waals surface area (Å²) in [6.07, 6.45) is 0. The van der Waals surface area contributed by atoms with Gasteiger partial charge in [0.05, 0.1) is 15.5 Å². The number of hydrogen-bond acceptors (Lipinski definition) is 9. The normalized spacial score (nSPS) is 11.3. The zero-order valence-corrected chi connectivity index (χ0v) is 22.9. The molecule has 1 amide bonds. The number of aryl methyl sites for hydroxylation is 1. The Hall–Kier alpha value is -1.19. The number of aromatic hydroxyl groups is 1. The van der Waals surface area contributed by atoms with E-state index in [1.807, 2.05) is 0 Å². The minimum absolute atomic E-state index is 0. The Bertz CT molecular complexity index is 1420. The molecule has 0 atom stereocenters. The number of phenolic OH excluding ortho intramolecular Hbond substituents is 1. The monoisotopic (exact) mass is 496 g/mol. The summed E-state index contributed by atoms with van der Waals surface area (Å²) in [5, 5.41) is 12.3. The first-order valence-corrected chi connectivity index (χ1v) is 11.0. The van der Waals surface area contributed by atoms with Gasteiger partial charge in [0, 0.05) is 16.6 Å². The van der Waals surface area contributed by atoms with Crippen LogP contribution < -0.4 is 70.2 Å². The zero-order valence-electron chi connectivity index (χ0n) is 17.2. The van der Waals surface area contributed by atoms with E-state index in [1.54, 1.807) is 6.92 Å². The molecule has 0 radical (unpaired) electrons. The molecule has 158 valence electrons. The summed E-state index contributed by atoms with van der Waals surface area (Å²) in [6.45, 7) is 1.62. The van der Waals surface area contributed by atoms with Gasteiger partial charge < -0.3 is 25.3 Å². The molecule has 3 rings (SSSR count). The molecule has 0 aliphatic carbocycles. The molecule has 0 aliphatic rings. The van der Waals surface area contributed by atoms with E-state index < -0.39 is 41.7 Å². The molecule has 0 fully saturated rings. The quantitative estimate of drug-likeness (QED) is 0.182. The van der Waals surface area contributed by atoms with E-state index >= 15 is 0 Å². The smallest absolute Gasteiger partial charge is 0.744 e. The van der Waals surface area contributed by atoms with Crippen molar-refractivity contribution in [1.82, 2.24) is 0 Å². The van der Waals surface area contributed by atoms with Gasteiger partial charge in [0.15, 0.2) is 0 Å². The van der Waals surface area contributed by atoms with Gasteiger partial charge in [-0.05, 0) is 60.3 Å². The summed E-state index contributed by atoms with van der Waals surface area (Å²) in [4.78, 5) is 11.1. The number of rotatable bonds is 4. The van der Waals surface area contributed by atoms with Crippen LogP contribution in [0.5, 0.6) is 5.75 Å². The predicted molar refractivity (Wildman–Crippen MR) is 105 cm³/mol. The molecule has 4 N–H and O–H groups in total. The van der Waals surface area contributed by atoms with Crippen molar-refractivity contribution in [2.75, 3.05) is 11.1 Å². The Balaban J connectivity index is 0.00000256. The second-order valence-corrected chi connectivity index (χ2v) is 9.21. The number of phenols is 1. The van der Waals surface area contributed by atoms with Gasteiger partial charge in [-0.15, -0.1) is 0 Å². The average molecular weight is 496 g/mol. The van der Waals surface area contributed by atoms with Crippen molar-refractivity contribution >= 4 is 48.3 Å². The van der Waals surface area contributed by atoms with Gasteiger partial charge in [-0.3, -0.25) is 4.79 Å². The molecule has 0 saturated heterocycles. The Labute approximate surface area is 228 Å². The van der Waals surface area contributed by atoms with Crippen LogP contribution in [0.2, 0.25) is 0 Å². The van der Waals surface area contributed by atoms with Crippen molar-refractivity contribution in [3.63, 3.8) is 0 Å². The van der Waals surface area contributed by atoms with Crippen LogP contribution in [0, 0.1) is 6.92 Å². The van der Waals surface area contributed by atoms with Gasteiger partial charge in [-0.25, -0.2) is 16.8 Å². The van der Waals surface area contributed by atoms with Crippen LogP contribution in [0.3, 0.4) is 0 Å². The van der Waals surface area contributed by atoms with E-state index in [0.29, 0.717) is 17.3 Å². The second kappa shape index (κ2) is 10.4. The van der Waals surface area contributed by atoms with Crippen molar-refractivity contribution in [2.24, 2.45) is 0 Å². The molecule has 0 spiro atoms. The zero-order chi connectivity index (χ0) is 22.4. The summed E-state index contributed by atoms with van der Waals surface area (Å²) in [6, 6.07) is 7.54. The average Bonchev–Trinajstić information content (AvgIpc) is 2.59. The maximum atomic E-state index is 12.7. The molecule has 14 heteroatoms. The number of carbonyl (C=O) groups excluding carboxylic acids is 1. The van der Waals surface area contributed by atoms with E-state index in [2.05, 4.69) is 5.32 Å². The number of amides is 1. The number of nitrogens with two attached hydrogens (primary N) is 1. The molecule has 0 bridgehead atoms. The van der Waals surface area contributed by atoms with Crippen LogP contribution in [0.1, 0.15) is 15.9 Å². The van der Waals surface area contributed by atoms with Gasteiger partial charge >= 0.3 is 59.1 Å². The van der Waals surface area contributed by atoms with Crippen molar-refractivity contribution in [2.45, 2.75) is 16.7 Å². The summed E-state index contributed by atoms with van der Waals surface area (Å²) in [5.41, 5.74) is 6.49. The van der Waals surface area contributed by atoms with Crippen LogP contribution in [-0.2, 0) is 20.2 Å². The fourth-order valence-electron chi connectivity index (χ4n) is 2.96. The first-order valence-electron chi connectivity index (χ1n) is 8.17. The van der Waals surface area contributed by atoms with E-state index in [0.717, 1.165) is 18.2 Å². The van der Waals surface area contributed by atoms with Crippen molar-refractivity contribution < 1.29 is 95.0 Å². The minimum atomic E-state index is -5.02. The number of nitrogens with one attached hydrogen (secondary N) is 1. The first kappa shape index (κ1) is 28.8.